The second-order valence-corrected chi connectivity index (χ2v) is 4.77. The van der Waals surface area contributed by atoms with Crippen LogP contribution in [0.5, 0.6) is 0 Å². The maximum Gasteiger partial charge on any atom is 0.0790 e. The van der Waals surface area contributed by atoms with Gasteiger partial charge in [-0.1, -0.05) is 12.8 Å². The molecule has 0 aliphatic heterocycles. The fourth-order valence-electron chi connectivity index (χ4n) is 1.80. The first kappa shape index (κ1) is 11.0. The Bertz CT molecular complexity index is 313. The van der Waals surface area contributed by atoms with Gasteiger partial charge in [-0.3, -0.25) is 9.82 Å². The summed E-state index contributed by atoms with van der Waals surface area (Å²) in [5.41, 5.74) is 4.14. The molecule has 1 aliphatic carbocycles. The summed E-state index contributed by atoms with van der Waals surface area (Å²) < 4.78 is 1.00. The standard InChI is InChI=1S/C11H15BrN2O/c12-10-5-9(6-13-8-10)7-14-15-11-3-1-2-4-11/h5-6,8,11,14H,1-4,7H2. The van der Waals surface area contributed by atoms with Crippen molar-refractivity contribution < 1.29 is 4.84 Å². The van der Waals surface area contributed by atoms with Crippen molar-refractivity contribution in [2.24, 2.45) is 0 Å². The number of nitrogens with zero attached hydrogens (tertiary/aromatic N) is 1. The van der Waals surface area contributed by atoms with Crippen LogP contribution >= 0.6 is 15.9 Å². The van der Waals surface area contributed by atoms with E-state index in [1.807, 2.05) is 12.3 Å². The second-order valence-electron chi connectivity index (χ2n) is 3.86. The first-order valence-corrected chi connectivity index (χ1v) is 6.12. The highest BCUT2D eigenvalue weighted by atomic mass is 79.9. The van der Waals surface area contributed by atoms with E-state index in [-0.39, 0.29) is 0 Å². The Hall–Kier alpha value is -0.450. The second kappa shape index (κ2) is 5.58. The van der Waals surface area contributed by atoms with Crippen molar-refractivity contribution in [1.29, 1.82) is 0 Å². The summed E-state index contributed by atoms with van der Waals surface area (Å²) >= 11 is 3.39. The highest BCUT2D eigenvalue weighted by Crippen LogP contribution is 2.20. The van der Waals surface area contributed by atoms with E-state index in [1.54, 1.807) is 6.20 Å². The van der Waals surface area contributed by atoms with Gasteiger partial charge in [0, 0.05) is 23.4 Å². The smallest absolute Gasteiger partial charge is 0.0790 e. The van der Waals surface area contributed by atoms with Crippen LogP contribution in [0.1, 0.15) is 31.2 Å². The molecule has 3 nitrogen and oxygen atoms in total. The maximum atomic E-state index is 5.55. The fraction of sp³-hybridized carbons (Fsp3) is 0.545. The molecule has 15 heavy (non-hydrogen) atoms. The average molecular weight is 271 g/mol. The highest BCUT2D eigenvalue weighted by molar-refractivity contribution is 9.10. The third-order valence-electron chi connectivity index (χ3n) is 2.59. The van der Waals surface area contributed by atoms with E-state index >= 15 is 0 Å². The van der Waals surface area contributed by atoms with Gasteiger partial charge in [0.25, 0.3) is 0 Å². The van der Waals surface area contributed by atoms with Crippen LogP contribution in [0.25, 0.3) is 0 Å². The van der Waals surface area contributed by atoms with Crippen molar-refractivity contribution in [3.63, 3.8) is 0 Å². The minimum atomic E-state index is 0.408. The summed E-state index contributed by atoms with van der Waals surface area (Å²) in [4.78, 5) is 9.65. The summed E-state index contributed by atoms with van der Waals surface area (Å²) in [6.45, 7) is 0.711. The van der Waals surface area contributed by atoms with Crippen molar-refractivity contribution >= 4 is 15.9 Å². The Morgan fingerprint density at radius 2 is 2.20 bits per heavy atom. The largest absolute Gasteiger partial charge is 0.298 e. The van der Waals surface area contributed by atoms with Crippen LogP contribution in [0, 0.1) is 0 Å². The molecule has 1 fully saturated rings. The number of aromatic nitrogens is 1. The van der Waals surface area contributed by atoms with Gasteiger partial charge in [0.2, 0.25) is 0 Å². The molecule has 0 radical (unpaired) electrons. The lowest BCUT2D eigenvalue weighted by molar-refractivity contribution is -0.0244. The van der Waals surface area contributed by atoms with E-state index in [1.165, 1.54) is 25.7 Å². The molecule has 1 heterocycles. The molecule has 0 aromatic carbocycles. The Morgan fingerprint density at radius 3 is 2.93 bits per heavy atom. The van der Waals surface area contributed by atoms with Crippen LogP contribution in [0.4, 0.5) is 0 Å². The van der Waals surface area contributed by atoms with Gasteiger partial charge in [0.05, 0.1) is 6.10 Å². The summed E-state index contributed by atoms with van der Waals surface area (Å²) in [6, 6.07) is 2.04. The van der Waals surface area contributed by atoms with Crippen LogP contribution in [-0.4, -0.2) is 11.1 Å². The topological polar surface area (TPSA) is 34.2 Å². The SMILES string of the molecule is Brc1cncc(CNOC2CCCC2)c1. The molecule has 0 unspecified atom stereocenters. The summed E-state index contributed by atoms with van der Waals surface area (Å²) in [5.74, 6) is 0. The Labute approximate surface area is 98.3 Å². The molecule has 1 aromatic heterocycles. The first-order valence-electron chi connectivity index (χ1n) is 5.32. The van der Waals surface area contributed by atoms with E-state index in [2.05, 4.69) is 26.4 Å². The third kappa shape index (κ3) is 3.55. The zero-order valence-corrected chi connectivity index (χ0v) is 10.2. The summed E-state index contributed by atoms with van der Waals surface area (Å²) in [7, 11) is 0. The number of hydrogen-bond donors (Lipinski definition) is 1. The number of rotatable bonds is 4. The molecule has 1 aromatic rings. The Kier molecular flexibility index (Phi) is 4.11. The van der Waals surface area contributed by atoms with Crippen LogP contribution in [0.15, 0.2) is 22.9 Å². The van der Waals surface area contributed by atoms with Gasteiger partial charge >= 0.3 is 0 Å². The zero-order valence-electron chi connectivity index (χ0n) is 8.58. The monoisotopic (exact) mass is 270 g/mol. The van der Waals surface area contributed by atoms with Crippen molar-refractivity contribution in [1.82, 2.24) is 10.5 Å². The molecule has 1 saturated carbocycles. The van der Waals surface area contributed by atoms with Gasteiger partial charge in [-0.25, -0.2) is 0 Å². The van der Waals surface area contributed by atoms with Crippen LogP contribution in [0.3, 0.4) is 0 Å². The van der Waals surface area contributed by atoms with Gasteiger partial charge in [-0.15, -0.1) is 0 Å². The molecule has 0 saturated heterocycles. The minimum Gasteiger partial charge on any atom is -0.298 e. The number of hydroxylamine groups is 1. The van der Waals surface area contributed by atoms with E-state index < -0.39 is 0 Å². The number of halogens is 1. The van der Waals surface area contributed by atoms with Gasteiger partial charge in [-0.05, 0) is 40.4 Å². The molecule has 0 atom stereocenters. The lowest BCUT2D eigenvalue weighted by atomic mass is 10.3. The summed E-state index contributed by atoms with van der Waals surface area (Å²) in [5, 5.41) is 0. The molecule has 0 bridgehead atoms. The van der Waals surface area contributed by atoms with Crippen molar-refractivity contribution in [2.45, 2.75) is 38.3 Å². The molecular weight excluding hydrogens is 256 g/mol. The molecule has 0 amide bonds. The van der Waals surface area contributed by atoms with E-state index in [4.69, 9.17) is 4.84 Å². The maximum absolute atomic E-state index is 5.55. The quantitative estimate of drug-likeness (QED) is 0.855. The Balaban J connectivity index is 1.73. The molecule has 2 rings (SSSR count). The number of hydrogen-bond acceptors (Lipinski definition) is 3. The molecule has 4 heteroatoms. The molecule has 82 valence electrons. The highest BCUT2D eigenvalue weighted by Gasteiger charge is 2.15. The van der Waals surface area contributed by atoms with Crippen molar-refractivity contribution in [2.75, 3.05) is 0 Å². The fourth-order valence-corrected chi connectivity index (χ4v) is 2.21. The van der Waals surface area contributed by atoms with Crippen LogP contribution < -0.4 is 5.48 Å². The van der Waals surface area contributed by atoms with E-state index in [9.17, 15) is 0 Å². The predicted molar refractivity (Wildman–Crippen MR) is 62.1 cm³/mol. The third-order valence-corrected chi connectivity index (χ3v) is 3.02. The Morgan fingerprint density at radius 1 is 1.40 bits per heavy atom. The normalized spacial score (nSPS) is 17.1. The van der Waals surface area contributed by atoms with Gasteiger partial charge in [0.1, 0.15) is 0 Å². The molecular formula is C11H15BrN2O. The minimum absolute atomic E-state index is 0.408. The zero-order chi connectivity index (χ0) is 10.5. The van der Waals surface area contributed by atoms with Crippen LogP contribution in [-0.2, 0) is 11.4 Å². The first-order chi connectivity index (χ1) is 7.34. The average Bonchev–Trinajstić information content (AvgIpc) is 2.71. The van der Waals surface area contributed by atoms with E-state index in [0.717, 1.165) is 10.0 Å². The predicted octanol–water partition coefficient (Wildman–Crippen LogP) is 2.81. The van der Waals surface area contributed by atoms with Crippen LogP contribution in [0.2, 0.25) is 0 Å². The molecule has 0 spiro atoms. The molecule has 1 aliphatic rings. The molecule has 1 N–H and O–H groups in total. The van der Waals surface area contributed by atoms with Gasteiger partial charge < -0.3 is 0 Å². The number of pyridine rings is 1. The van der Waals surface area contributed by atoms with E-state index in [0.29, 0.717) is 12.6 Å². The van der Waals surface area contributed by atoms with Gasteiger partial charge in [0.15, 0.2) is 0 Å². The number of nitrogens with one attached hydrogen (secondary N) is 1. The lowest BCUT2D eigenvalue weighted by Gasteiger charge is -2.11. The van der Waals surface area contributed by atoms with Crippen molar-refractivity contribution in [3.8, 4) is 0 Å². The van der Waals surface area contributed by atoms with Crippen molar-refractivity contribution in [3.05, 3.63) is 28.5 Å². The summed E-state index contributed by atoms with van der Waals surface area (Å²) in [6.07, 6.45) is 8.99. The lowest BCUT2D eigenvalue weighted by Crippen LogP contribution is -2.21. The van der Waals surface area contributed by atoms with Gasteiger partial charge in [-0.2, -0.15) is 5.48 Å².